The van der Waals surface area contributed by atoms with E-state index in [2.05, 4.69) is 5.32 Å². The maximum absolute atomic E-state index is 13.7. The Morgan fingerprint density at radius 1 is 1.32 bits per heavy atom. The topological polar surface area (TPSA) is 56.0 Å². The maximum Gasteiger partial charge on any atom is 0.124 e. The largest absolute Gasteiger partial charge is 0.395 e. The lowest BCUT2D eigenvalue weighted by atomic mass is 9.86. The van der Waals surface area contributed by atoms with E-state index in [1.807, 2.05) is 18.2 Å². The minimum Gasteiger partial charge on any atom is -0.395 e. The first-order chi connectivity index (χ1) is 10.6. The molecular formula is C17H14ClFN2O. The van der Waals surface area contributed by atoms with Gasteiger partial charge in [0.1, 0.15) is 5.82 Å². The molecule has 2 aromatic carbocycles. The Morgan fingerprint density at radius 2 is 2.14 bits per heavy atom. The van der Waals surface area contributed by atoms with Gasteiger partial charge in [-0.2, -0.15) is 5.26 Å². The summed E-state index contributed by atoms with van der Waals surface area (Å²) in [6.45, 7) is -0.0249. The highest BCUT2D eigenvalue weighted by Crippen LogP contribution is 2.33. The zero-order valence-electron chi connectivity index (χ0n) is 11.7. The van der Waals surface area contributed by atoms with E-state index >= 15 is 0 Å². The predicted molar refractivity (Wildman–Crippen MR) is 82.1 cm³/mol. The first-order valence-corrected chi connectivity index (χ1v) is 7.34. The van der Waals surface area contributed by atoms with Gasteiger partial charge in [0.15, 0.2) is 0 Å². The third-order valence-corrected chi connectivity index (χ3v) is 4.12. The van der Waals surface area contributed by atoms with Crippen LogP contribution in [0.3, 0.4) is 0 Å². The van der Waals surface area contributed by atoms with E-state index in [1.165, 1.54) is 12.1 Å². The summed E-state index contributed by atoms with van der Waals surface area (Å²) in [6.07, 6.45) is 0.656. The molecule has 0 amide bonds. The summed E-state index contributed by atoms with van der Waals surface area (Å²) in [4.78, 5) is 0. The number of nitrogens with one attached hydrogen (secondary N) is 1. The van der Waals surface area contributed by atoms with Crippen molar-refractivity contribution >= 4 is 11.6 Å². The highest BCUT2D eigenvalue weighted by atomic mass is 35.5. The van der Waals surface area contributed by atoms with Crippen LogP contribution in [0.4, 0.5) is 4.39 Å². The van der Waals surface area contributed by atoms with Gasteiger partial charge in [0.2, 0.25) is 0 Å². The fraction of sp³-hybridized carbons (Fsp3) is 0.235. The normalized spacial score (nSPS) is 20.3. The number of benzene rings is 2. The molecule has 0 bridgehead atoms. The van der Waals surface area contributed by atoms with Crippen LogP contribution in [0.2, 0.25) is 5.02 Å². The first-order valence-electron chi connectivity index (χ1n) is 6.96. The molecule has 2 N–H and O–H groups in total. The third-order valence-electron chi connectivity index (χ3n) is 3.89. The average molecular weight is 317 g/mol. The molecule has 0 radical (unpaired) electrons. The number of rotatable bonds is 2. The highest BCUT2D eigenvalue weighted by molar-refractivity contribution is 6.30. The number of nitriles is 1. The lowest BCUT2D eigenvalue weighted by molar-refractivity contribution is 0.229. The monoisotopic (exact) mass is 316 g/mol. The summed E-state index contributed by atoms with van der Waals surface area (Å²) >= 11 is 6.05. The molecule has 0 fully saturated rings. The van der Waals surface area contributed by atoms with Crippen molar-refractivity contribution < 1.29 is 9.50 Å². The summed E-state index contributed by atoms with van der Waals surface area (Å²) in [5.74, 6) is -0.447. The van der Waals surface area contributed by atoms with Crippen molar-refractivity contribution in [2.75, 3.05) is 6.61 Å². The van der Waals surface area contributed by atoms with Crippen LogP contribution in [0.15, 0.2) is 36.4 Å². The summed E-state index contributed by atoms with van der Waals surface area (Å²) in [5.41, 5.74) is 2.96. The minimum absolute atomic E-state index is 0.0249. The molecule has 0 spiro atoms. The second-order valence-corrected chi connectivity index (χ2v) is 5.85. The number of fused-ring (bicyclic) bond motifs is 1. The van der Waals surface area contributed by atoms with Gasteiger partial charge in [0.25, 0.3) is 0 Å². The molecule has 3 rings (SSSR count). The van der Waals surface area contributed by atoms with Gasteiger partial charge in [-0.1, -0.05) is 17.7 Å². The van der Waals surface area contributed by atoms with Crippen molar-refractivity contribution in [2.24, 2.45) is 0 Å². The standard InChI is InChI=1S/C17H14ClFN2O/c18-13-1-2-16-11(5-13)7-15(9-22)21-17(16)12-3-10(8-20)4-14(19)6-12/h1-6,15,17,21-22H,7,9H2/t15-,17-/m0/s1. The minimum atomic E-state index is -0.447. The lowest BCUT2D eigenvalue weighted by Crippen LogP contribution is -2.42. The van der Waals surface area contributed by atoms with E-state index in [0.29, 0.717) is 17.0 Å². The molecule has 3 nitrogen and oxygen atoms in total. The smallest absolute Gasteiger partial charge is 0.124 e. The number of halogens is 2. The van der Waals surface area contributed by atoms with E-state index in [1.54, 1.807) is 12.1 Å². The molecule has 2 aromatic rings. The third kappa shape index (κ3) is 2.84. The van der Waals surface area contributed by atoms with E-state index in [0.717, 1.165) is 11.1 Å². The number of aliphatic hydroxyl groups excluding tert-OH is 1. The zero-order chi connectivity index (χ0) is 15.7. The van der Waals surface area contributed by atoms with E-state index < -0.39 is 5.82 Å². The van der Waals surface area contributed by atoms with Crippen LogP contribution >= 0.6 is 11.6 Å². The van der Waals surface area contributed by atoms with Gasteiger partial charge in [-0.3, -0.25) is 0 Å². The van der Waals surface area contributed by atoms with Crippen LogP contribution in [0.25, 0.3) is 0 Å². The number of aliphatic hydroxyl groups is 1. The van der Waals surface area contributed by atoms with Crippen molar-refractivity contribution in [1.82, 2.24) is 5.32 Å². The van der Waals surface area contributed by atoms with Gasteiger partial charge >= 0.3 is 0 Å². The lowest BCUT2D eigenvalue weighted by Gasteiger charge is -2.33. The fourth-order valence-corrected chi connectivity index (χ4v) is 3.11. The fourth-order valence-electron chi connectivity index (χ4n) is 2.92. The number of hydrogen-bond donors (Lipinski definition) is 2. The summed E-state index contributed by atoms with van der Waals surface area (Å²) < 4.78 is 13.7. The molecule has 1 aliphatic heterocycles. The predicted octanol–water partition coefficient (Wildman–Crippen LogP) is 2.95. The average Bonchev–Trinajstić information content (AvgIpc) is 2.52. The molecule has 1 heterocycles. The Bertz CT molecular complexity index is 757. The van der Waals surface area contributed by atoms with Crippen LogP contribution in [0.5, 0.6) is 0 Å². The summed E-state index contributed by atoms with van der Waals surface area (Å²) in [5, 5.41) is 22.4. The first kappa shape index (κ1) is 15.0. The molecule has 5 heteroatoms. The quantitative estimate of drug-likeness (QED) is 0.895. The van der Waals surface area contributed by atoms with Crippen molar-refractivity contribution in [3.63, 3.8) is 0 Å². The number of nitrogens with zero attached hydrogens (tertiary/aromatic N) is 1. The molecule has 0 unspecified atom stereocenters. The van der Waals surface area contributed by atoms with Crippen LogP contribution < -0.4 is 5.32 Å². The SMILES string of the molecule is N#Cc1cc(F)cc([C@@H]2N[C@H](CO)Cc3cc(Cl)ccc32)c1. The van der Waals surface area contributed by atoms with Crippen LogP contribution in [-0.4, -0.2) is 17.8 Å². The second kappa shape index (κ2) is 6.05. The molecule has 1 aliphatic rings. The van der Waals surface area contributed by atoms with Gasteiger partial charge in [0.05, 0.1) is 24.3 Å². The van der Waals surface area contributed by atoms with Crippen LogP contribution in [0, 0.1) is 17.1 Å². The maximum atomic E-state index is 13.7. The van der Waals surface area contributed by atoms with Crippen molar-refractivity contribution in [3.05, 3.63) is 69.5 Å². The van der Waals surface area contributed by atoms with Crippen molar-refractivity contribution in [2.45, 2.75) is 18.5 Å². The Morgan fingerprint density at radius 3 is 2.86 bits per heavy atom. The molecule has 0 saturated heterocycles. The Hall–Kier alpha value is -1.93. The summed E-state index contributed by atoms with van der Waals surface area (Å²) in [6, 6.07) is 11.4. The van der Waals surface area contributed by atoms with Gasteiger partial charge in [0, 0.05) is 11.1 Å². The van der Waals surface area contributed by atoms with Crippen molar-refractivity contribution in [3.8, 4) is 6.07 Å². The molecule has 2 atom stereocenters. The van der Waals surface area contributed by atoms with Gasteiger partial charge < -0.3 is 10.4 Å². The molecule has 0 saturated carbocycles. The number of hydrogen-bond acceptors (Lipinski definition) is 3. The second-order valence-electron chi connectivity index (χ2n) is 5.41. The molecule has 0 aliphatic carbocycles. The van der Waals surface area contributed by atoms with Gasteiger partial charge in [-0.15, -0.1) is 0 Å². The molecule has 112 valence electrons. The Kier molecular flexibility index (Phi) is 4.12. The van der Waals surface area contributed by atoms with Crippen molar-refractivity contribution in [1.29, 1.82) is 5.26 Å². The van der Waals surface area contributed by atoms with E-state index in [9.17, 15) is 9.50 Å². The highest BCUT2D eigenvalue weighted by Gasteiger charge is 2.27. The van der Waals surface area contributed by atoms with E-state index in [-0.39, 0.29) is 24.3 Å². The zero-order valence-corrected chi connectivity index (χ0v) is 12.4. The van der Waals surface area contributed by atoms with Crippen LogP contribution in [0.1, 0.15) is 28.3 Å². The summed E-state index contributed by atoms with van der Waals surface area (Å²) in [7, 11) is 0. The molecule has 0 aromatic heterocycles. The Labute approximate surface area is 133 Å². The molecule has 22 heavy (non-hydrogen) atoms. The van der Waals surface area contributed by atoms with Gasteiger partial charge in [-0.25, -0.2) is 4.39 Å². The van der Waals surface area contributed by atoms with Gasteiger partial charge in [-0.05, 0) is 53.4 Å². The van der Waals surface area contributed by atoms with E-state index in [4.69, 9.17) is 16.9 Å². The molecular weight excluding hydrogens is 303 g/mol. The van der Waals surface area contributed by atoms with Crippen LogP contribution in [-0.2, 0) is 6.42 Å². The Balaban J connectivity index is 2.11.